The number of carbonyl (C=O) groups is 1. The van der Waals surface area contributed by atoms with E-state index in [0.29, 0.717) is 11.1 Å². The zero-order valence-electron chi connectivity index (χ0n) is 12.0. The van der Waals surface area contributed by atoms with Crippen molar-refractivity contribution >= 4 is 5.97 Å². The zero-order valence-corrected chi connectivity index (χ0v) is 12.0. The molecule has 1 aromatic carbocycles. The molecule has 21 heavy (non-hydrogen) atoms. The molecule has 0 amide bonds. The second-order valence-corrected chi connectivity index (χ2v) is 5.23. The summed E-state index contributed by atoms with van der Waals surface area (Å²) >= 11 is 0. The monoisotopic (exact) mass is 291 g/mol. The van der Waals surface area contributed by atoms with Crippen LogP contribution in [-0.2, 0) is 20.9 Å². The largest absolute Gasteiger partial charge is 0.469 e. The number of carbonyl (C=O) groups excluding carboxylic acids is 1. The normalized spacial score (nSPS) is 21.6. The number of nitrogens with zero attached hydrogens (tertiary/aromatic N) is 1. The highest BCUT2D eigenvalue weighted by Gasteiger charge is 2.27. The van der Waals surface area contributed by atoms with Crippen molar-refractivity contribution in [1.29, 1.82) is 5.26 Å². The van der Waals surface area contributed by atoms with Gasteiger partial charge in [0, 0.05) is 5.56 Å². The summed E-state index contributed by atoms with van der Waals surface area (Å²) in [6.07, 6.45) is 3.08. The van der Waals surface area contributed by atoms with Crippen molar-refractivity contribution in [3.63, 3.8) is 0 Å². The van der Waals surface area contributed by atoms with Crippen molar-refractivity contribution in [2.24, 2.45) is 5.92 Å². The summed E-state index contributed by atoms with van der Waals surface area (Å²) in [7, 11) is 1.40. The van der Waals surface area contributed by atoms with E-state index in [1.54, 1.807) is 12.1 Å². The first-order valence-electron chi connectivity index (χ1n) is 7.02. The van der Waals surface area contributed by atoms with Crippen molar-refractivity contribution in [3.05, 3.63) is 35.1 Å². The van der Waals surface area contributed by atoms with Crippen LogP contribution in [0.4, 0.5) is 4.39 Å². The summed E-state index contributed by atoms with van der Waals surface area (Å²) in [6.45, 7) is 0.186. The summed E-state index contributed by atoms with van der Waals surface area (Å²) in [4.78, 5) is 11.4. The van der Waals surface area contributed by atoms with Gasteiger partial charge in [-0.15, -0.1) is 0 Å². The number of ether oxygens (including phenoxy) is 2. The predicted octanol–water partition coefficient (Wildman–Crippen LogP) is 2.95. The molecule has 4 nitrogen and oxygen atoms in total. The lowest BCUT2D eigenvalue weighted by molar-refractivity contribution is -0.147. The highest BCUT2D eigenvalue weighted by Crippen LogP contribution is 2.27. The molecule has 2 rings (SSSR count). The minimum Gasteiger partial charge on any atom is -0.469 e. The SMILES string of the molecule is COC(=O)C1CCC(OCc2ccc(C#N)cc2F)CC1. The van der Waals surface area contributed by atoms with E-state index in [1.165, 1.54) is 13.2 Å². The standard InChI is InChI=1S/C16H18FNO3/c1-20-16(19)12-4-6-14(7-5-12)21-10-13-3-2-11(9-18)8-15(13)17/h2-3,8,12,14H,4-7,10H2,1H3. The van der Waals surface area contributed by atoms with Gasteiger partial charge < -0.3 is 9.47 Å². The van der Waals surface area contributed by atoms with Crippen LogP contribution in [0.1, 0.15) is 36.8 Å². The van der Waals surface area contributed by atoms with Gasteiger partial charge in [-0.1, -0.05) is 6.07 Å². The lowest BCUT2D eigenvalue weighted by atomic mass is 9.87. The summed E-state index contributed by atoms with van der Waals surface area (Å²) in [6, 6.07) is 6.27. The van der Waals surface area contributed by atoms with Crippen molar-refractivity contribution in [2.75, 3.05) is 7.11 Å². The van der Waals surface area contributed by atoms with E-state index in [1.807, 2.05) is 6.07 Å². The summed E-state index contributed by atoms with van der Waals surface area (Å²) in [5, 5.41) is 8.69. The summed E-state index contributed by atoms with van der Waals surface area (Å²) < 4.78 is 24.2. The first-order chi connectivity index (χ1) is 10.1. The molecule has 1 aromatic rings. The van der Waals surface area contributed by atoms with Crippen LogP contribution in [0.5, 0.6) is 0 Å². The number of esters is 1. The Hall–Kier alpha value is -1.93. The van der Waals surface area contributed by atoms with Crippen LogP contribution in [0, 0.1) is 23.1 Å². The second kappa shape index (κ2) is 7.19. The average Bonchev–Trinajstić information content (AvgIpc) is 2.53. The number of hydrogen-bond donors (Lipinski definition) is 0. The van der Waals surface area contributed by atoms with Crippen molar-refractivity contribution < 1.29 is 18.7 Å². The van der Waals surface area contributed by atoms with Crippen molar-refractivity contribution in [1.82, 2.24) is 0 Å². The van der Waals surface area contributed by atoms with Gasteiger partial charge in [-0.05, 0) is 37.8 Å². The average molecular weight is 291 g/mol. The maximum atomic E-state index is 13.7. The van der Waals surface area contributed by atoms with Crippen LogP contribution in [0.15, 0.2) is 18.2 Å². The molecule has 1 aliphatic rings. The van der Waals surface area contributed by atoms with Crippen molar-refractivity contribution in [2.45, 2.75) is 38.4 Å². The molecule has 1 fully saturated rings. The van der Waals surface area contributed by atoms with Crippen LogP contribution in [0.2, 0.25) is 0 Å². The van der Waals surface area contributed by atoms with Crippen LogP contribution >= 0.6 is 0 Å². The molecule has 0 heterocycles. The third-order valence-corrected chi connectivity index (χ3v) is 3.87. The van der Waals surface area contributed by atoms with Crippen molar-refractivity contribution in [3.8, 4) is 6.07 Å². The Labute approximate surface area is 123 Å². The molecule has 0 atom stereocenters. The van der Waals surface area contributed by atoms with E-state index in [9.17, 15) is 9.18 Å². The van der Waals surface area contributed by atoms with E-state index >= 15 is 0 Å². The van der Waals surface area contributed by atoms with E-state index in [-0.39, 0.29) is 24.6 Å². The highest BCUT2D eigenvalue weighted by molar-refractivity contribution is 5.72. The topological polar surface area (TPSA) is 59.3 Å². The van der Waals surface area contributed by atoms with E-state index in [2.05, 4.69) is 0 Å². The summed E-state index contributed by atoms with van der Waals surface area (Å²) in [5.41, 5.74) is 0.749. The zero-order chi connectivity index (χ0) is 15.2. The third-order valence-electron chi connectivity index (χ3n) is 3.87. The number of nitriles is 1. The lowest BCUT2D eigenvalue weighted by Crippen LogP contribution is -2.27. The number of hydrogen-bond acceptors (Lipinski definition) is 4. The number of benzene rings is 1. The fourth-order valence-electron chi connectivity index (χ4n) is 2.57. The van der Waals surface area contributed by atoms with Crippen LogP contribution in [0.25, 0.3) is 0 Å². The molecule has 1 saturated carbocycles. The Morgan fingerprint density at radius 2 is 2.10 bits per heavy atom. The third kappa shape index (κ3) is 4.02. The molecule has 0 unspecified atom stereocenters. The van der Waals surface area contributed by atoms with Gasteiger partial charge in [0.25, 0.3) is 0 Å². The van der Waals surface area contributed by atoms with E-state index < -0.39 is 5.82 Å². The van der Waals surface area contributed by atoms with Crippen LogP contribution in [-0.4, -0.2) is 19.2 Å². The van der Waals surface area contributed by atoms with E-state index in [4.69, 9.17) is 14.7 Å². The molecule has 0 radical (unpaired) electrons. The maximum absolute atomic E-state index is 13.7. The minimum atomic E-state index is -0.419. The molecule has 0 bridgehead atoms. The quantitative estimate of drug-likeness (QED) is 0.800. The molecular formula is C16H18FNO3. The van der Waals surface area contributed by atoms with Gasteiger partial charge in [0.15, 0.2) is 0 Å². The smallest absolute Gasteiger partial charge is 0.308 e. The summed E-state index contributed by atoms with van der Waals surface area (Å²) in [5.74, 6) is -0.620. The number of rotatable bonds is 4. The Balaban J connectivity index is 1.82. The van der Waals surface area contributed by atoms with Gasteiger partial charge in [0.05, 0.1) is 37.4 Å². The maximum Gasteiger partial charge on any atom is 0.308 e. The molecule has 5 heteroatoms. The van der Waals surface area contributed by atoms with Gasteiger partial charge >= 0.3 is 5.97 Å². The minimum absolute atomic E-state index is 0.0403. The fourth-order valence-corrected chi connectivity index (χ4v) is 2.57. The molecule has 112 valence electrons. The Bertz CT molecular complexity index is 545. The molecule has 0 saturated heterocycles. The van der Waals surface area contributed by atoms with Gasteiger partial charge in [0.1, 0.15) is 5.82 Å². The Kier molecular flexibility index (Phi) is 5.29. The lowest BCUT2D eigenvalue weighted by Gasteiger charge is -2.27. The molecule has 0 N–H and O–H groups in total. The van der Waals surface area contributed by atoms with E-state index in [0.717, 1.165) is 25.7 Å². The van der Waals surface area contributed by atoms with Crippen LogP contribution < -0.4 is 0 Å². The Morgan fingerprint density at radius 1 is 1.38 bits per heavy atom. The first-order valence-corrected chi connectivity index (χ1v) is 7.02. The van der Waals surface area contributed by atoms with Gasteiger partial charge in [-0.25, -0.2) is 4.39 Å². The first kappa shape index (κ1) is 15.5. The number of halogens is 1. The van der Waals surface area contributed by atoms with Crippen LogP contribution in [0.3, 0.4) is 0 Å². The second-order valence-electron chi connectivity index (χ2n) is 5.23. The van der Waals surface area contributed by atoms with Gasteiger partial charge in [-0.2, -0.15) is 5.26 Å². The fraction of sp³-hybridized carbons (Fsp3) is 0.500. The number of methoxy groups -OCH3 is 1. The van der Waals surface area contributed by atoms with Gasteiger partial charge in [-0.3, -0.25) is 4.79 Å². The Morgan fingerprint density at radius 3 is 2.67 bits per heavy atom. The molecular weight excluding hydrogens is 273 g/mol. The molecule has 0 aliphatic heterocycles. The molecule has 0 spiro atoms. The predicted molar refractivity (Wildman–Crippen MR) is 73.7 cm³/mol. The molecule has 0 aromatic heterocycles. The highest BCUT2D eigenvalue weighted by atomic mass is 19.1. The van der Waals surface area contributed by atoms with Gasteiger partial charge in [0.2, 0.25) is 0 Å². The molecule has 1 aliphatic carbocycles.